The largest absolute Gasteiger partial charge is 0.357 e. The van der Waals surface area contributed by atoms with Gasteiger partial charge in [0.05, 0.1) is 12.6 Å². The Morgan fingerprint density at radius 1 is 1.36 bits per heavy atom. The molecule has 1 aliphatic heterocycles. The van der Waals surface area contributed by atoms with Gasteiger partial charge in [-0.25, -0.2) is 4.39 Å². The predicted octanol–water partition coefficient (Wildman–Crippen LogP) is 2.76. The Bertz CT molecular complexity index is 611. The molecule has 1 fully saturated rings. The first-order valence-electron chi connectivity index (χ1n) is 9.10. The molecule has 1 amide bonds. The van der Waals surface area contributed by atoms with E-state index in [1.54, 1.807) is 19.1 Å². The highest BCUT2D eigenvalue weighted by atomic mass is 19.1. The van der Waals surface area contributed by atoms with Crippen molar-refractivity contribution in [1.82, 2.24) is 15.5 Å². The second-order valence-corrected chi connectivity index (χ2v) is 6.47. The van der Waals surface area contributed by atoms with Crippen LogP contribution in [0.1, 0.15) is 50.3 Å². The third kappa shape index (κ3) is 5.73. The lowest BCUT2D eigenvalue weighted by Crippen LogP contribution is -2.39. The van der Waals surface area contributed by atoms with Crippen molar-refractivity contribution in [3.05, 3.63) is 35.1 Å². The van der Waals surface area contributed by atoms with E-state index in [9.17, 15) is 9.18 Å². The van der Waals surface area contributed by atoms with Crippen LogP contribution >= 0.6 is 0 Å². The van der Waals surface area contributed by atoms with E-state index in [4.69, 9.17) is 0 Å². The maximum Gasteiger partial charge on any atom is 0.224 e. The van der Waals surface area contributed by atoms with Crippen LogP contribution in [0.5, 0.6) is 0 Å². The van der Waals surface area contributed by atoms with Gasteiger partial charge in [-0.1, -0.05) is 12.1 Å². The topological polar surface area (TPSA) is 56.7 Å². The van der Waals surface area contributed by atoms with Crippen LogP contribution in [-0.4, -0.2) is 42.9 Å². The molecule has 138 valence electrons. The van der Waals surface area contributed by atoms with Crippen molar-refractivity contribution in [3.8, 4) is 0 Å². The van der Waals surface area contributed by atoms with Gasteiger partial charge < -0.3 is 15.5 Å². The van der Waals surface area contributed by atoms with Crippen molar-refractivity contribution in [2.75, 3.05) is 26.2 Å². The first-order chi connectivity index (χ1) is 12.0. The third-order valence-electron chi connectivity index (χ3n) is 4.45. The van der Waals surface area contributed by atoms with Crippen molar-refractivity contribution in [2.45, 2.75) is 46.1 Å². The number of rotatable bonds is 6. The number of halogens is 1. The highest BCUT2D eigenvalue weighted by molar-refractivity contribution is 5.81. The van der Waals surface area contributed by atoms with Crippen molar-refractivity contribution in [1.29, 1.82) is 0 Å². The van der Waals surface area contributed by atoms with Crippen molar-refractivity contribution in [3.63, 3.8) is 0 Å². The number of aryl methyl sites for hydroxylation is 1. The van der Waals surface area contributed by atoms with E-state index in [-0.39, 0.29) is 17.8 Å². The number of carbonyl (C=O) groups excluding carboxylic acids is 1. The molecule has 0 bridgehead atoms. The minimum absolute atomic E-state index is 0.0813. The zero-order chi connectivity index (χ0) is 18.2. The highest BCUT2D eigenvalue weighted by Gasteiger charge is 2.17. The summed E-state index contributed by atoms with van der Waals surface area (Å²) in [4.78, 5) is 18.5. The Morgan fingerprint density at radius 2 is 2.08 bits per heavy atom. The van der Waals surface area contributed by atoms with E-state index in [0.717, 1.165) is 38.0 Å². The molecule has 25 heavy (non-hydrogen) atoms. The van der Waals surface area contributed by atoms with Gasteiger partial charge in [-0.2, -0.15) is 0 Å². The molecule has 0 saturated carbocycles. The standard InChI is InChI=1S/C19H29FN4O/c1-4-21-19(22-10-9-18(25)24-11-5-6-12-24)23-15(3)16-8-7-14(2)17(20)13-16/h7-8,13,15H,4-6,9-12H2,1-3H3,(H2,21,22,23). The highest BCUT2D eigenvalue weighted by Crippen LogP contribution is 2.16. The molecule has 0 aromatic heterocycles. The lowest BCUT2D eigenvalue weighted by atomic mass is 10.1. The summed E-state index contributed by atoms with van der Waals surface area (Å²) >= 11 is 0. The Kier molecular flexibility index (Phi) is 7.22. The second kappa shape index (κ2) is 9.39. The number of nitrogens with one attached hydrogen (secondary N) is 2. The minimum atomic E-state index is -0.204. The van der Waals surface area contributed by atoms with Gasteiger partial charge in [-0.3, -0.25) is 9.79 Å². The van der Waals surface area contributed by atoms with E-state index in [2.05, 4.69) is 15.6 Å². The maximum atomic E-state index is 13.7. The van der Waals surface area contributed by atoms with Crippen LogP contribution in [0.2, 0.25) is 0 Å². The molecule has 0 aliphatic carbocycles. The van der Waals surface area contributed by atoms with Crippen LogP contribution in [0.15, 0.2) is 23.2 Å². The number of hydrogen-bond donors (Lipinski definition) is 2. The van der Waals surface area contributed by atoms with Gasteiger partial charge in [-0.05, 0) is 50.8 Å². The van der Waals surface area contributed by atoms with Gasteiger partial charge in [0.25, 0.3) is 0 Å². The van der Waals surface area contributed by atoms with Gasteiger partial charge in [0.2, 0.25) is 5.91 Å². The molecule has 1 aliphatic rings. The van der Waals surface area contributed by atoms with Gasteiger partial charge in [-0.15, -0.1) is 0 Å². The molecular formula is C19H29FN4O. The number of carbonyl (C=O) groups is 1. The monoisotopic (exact) mass is 348 g/mol. The summed E-state index contributed by atoms with van der Waals surface area (Å²) in [6, 6.07) is 5.16. The molecule has 6 heteroatoms. The molecule has 2 rings (SSSR count). The number of guanidine groups is 1. The zero-order valence-corrected chi connectivity index (χ0v) is 15.4. The number of hydrogen-bond acceptors (Lipinski definition) is 2. The summed E-state index contributed by atoms with van der Waals surface area (Å²) in [5.41, 5.74) is 1.50. The van der Waals surface area contributed by atoms with E-state index in [1.807, 2.05) is 24.8 Å². The number of nitrogens with zero attached hydrogens (tertiary/aromatic N) is 2. The van der Waals surface area contributed by atoms with E-state index in [1.165, 1.54) is 0 Å². The van der Waals surface area contributed by atoms with Crippen LogP contribution in [0, 0.1) is 12.7 Å². The molecule has 0 radical (unpaired) electrons. The van der Waals surface area contributed by atoms with Crippen molar-refractivity contribution in [2.24, 2.45) is 4.99 Å². The van der Waals surface area contributed by atoms with E-state index < -0.39 is 0 Å². The SMILES string of the molecule is CCNC(=NCCC(=O)N1CCCC1)NC(C)c1ccc(C)c(F)c1. The summed E-state index contributed by atoms with van der Waals surface area (Å²) in [5.74, 6) is 0.611. The summed E-state index contributed by atoms with van der Waals surface area (Å²) in [7, 11) is 0. The lowest BCUT2D eigenvalue weighted by Gasteiger charge is -2.19. The van der Waals surface area contributed by atoms with Crippen LogP contribution in [-0.2, 0) is 4.79 Å². The number of likely N-dealkylation sites (tertiary alicyclic amines) is 1. The Balaban J connectivity index is 1.91. The average Bonchev–Trinajstić information content (AvgIpc) is 3.12. The normalized spacial score (nSPS) is 16.0. The fraction of sp³-hybridized carbons (Fsp3) is 0.579. The molecule has 2 N–H and O–H groups in total. The molecule has 1 atom stereocenters. The molecule has 1 heterocycles. The average molecular weight is 348 g/mol. The smallest absolute Gasteiger partial charge is 0.224 e. The van der Waals surface area contributed by atoms with E-state index >= 15 is 0 Å². The molecule has 1 saturated heterocycles. The Morgan fingerprint density at radius 3 is 2.72 bits per heavy atom. The fourth-order valence-corrected chi connectivity index (χ4v) is 2.87. The summed E-state index contributed by atoms with van der Waals surface area (Å²) in [6.07, 6.45) is 2.62. The van der Waals surface area contributed by atoms with Crippen LogP contribution in [0.25, 0.3) is 0 Å². The van der Waals surface area contributed by atoms with Crippen LogP contribution < -0.4 is 10.6 Å². The second-order valence-electron chi connectivity index (χ2n) is 6.47. The Hall–Kier alpha value is -2.11. The Labute approximate surface area is 149 Å². The summed E-state index contributed by atoms with van der Waals surface area (Å²) in [5, 5.41) is 6.44. The minimum Gasteiger partial charge on any atom is -0.357 e. The summed E-state index contributed by atoms with van der Waals surface area (Å²) in [6.45, 7) is 8.61. The molecule has 0 spiro atoms. The maximum absolute atomic E-state index is 13.7. The van der Waals surface area contributed by atoms with Crippen molar-refractivity contribution >= 4 is 11.9 Å². The quantitative estimate of drug-likeness (QED) is 0.614. The molecule has 5 nitrogen and oxygen atoms in total. The van der Waals surface area contributed by atoms with Gasteiger partial charge >= 0.3 is 0 Å². The van der Waals surface area contributed by atoms with Gasteiger partial charge in [0.15, 0.2) is 5.96 Å². The molecular weight excluding hydrogens is 319 g/mol. The molecule has 1 aromatic rings. The number of amides is 1. The molecule has 1 unspecified atom stereocenters. The number of aliphatic imine (C=N–C) groups is 1. The lowest BCUT2D eigenvalue weighted by molar-refractivity contribution is -0.129. The third-order valence-corrected chi connectivity index (χ3v) is 4.45. The first kappa shape index (κ1) is 19.2. The van der Waals surface area contributed by atoms with Crippen LogP contribution in [0.4, 0.5) is 4.39 Å². The van der Waals surface area contributed by atoms with Crippen LogP contribution in [0.3, 0.4) is 0 Å². The number of benzene rings is 1. The predicted molar refractivity (Wildman–Crippen MR) is 99.1 cm³/mol. The fourth-order valence-electron chi connectivity index (χ4n) is 2.87. The van der Waals surface area contributed by atoms with Crippen molar-refractivity contribution < 1.29 is 9.18 Å². The summed E-state index contributed by atoms with van der Waals surface area (Å²) < 4.78 is 13.7. The first-order valence-corrected chi connectivity index (χ1v) is 9.10. The van der Waals surface area contributed by atoms with Gasteiger partial charge in [0, 0.05) is 26.1 Å². The molecule has 1 aromatic carbocycles. The van der Waals surface area contributed by atoms with Gasteiger partial charge in [0.1, 0.15) is 5.82 Å². The van der Waals surface area contributed by atoms with E-state index in [0.29, 0.717) is 24.5 Å². The zero-order valence-electron chi connectivity index (χ0n) is 15.4.